The minimum Gasteiger partial charge on any atom is -0.460 e. The zero-order chi connectivity index (χ0) is 35.5. The molecule has 0 spiro atoms. The van der Waals surface area contributed by atoms with Crippen LogP contribution in [0.5, 0.6) is 0 Å². The summed E-state index contributed by atoms with van der Waals surface area (Å²) in [5.74, 6) is -3.43. The first-order valence-electron chi connectivity index (χ1n) is 15.1. The highest BCUT2D eigenvalue weighted by atomic mass is 19.4. The third-order valence-corrected chi connectivity index (χ3v) is 6.80. The van der Waals surface area contributed by atoms with E-state index in [0.29, 0.717) is 5.56 Å². The summed E-state index contributed by atoms with van der Waals surface area (Å²) >= 11 is 0. The molecular formula is C32H39F3N2O11. The summed E-state index contributed by atoms with van der Waals surface area (Å²) in [4.78, 5) is 61.9. The van der Waals surface area contributed by atoms with Gasteiger partial charge in [0, 0.05) is 37.5 Å². The highest BCUT2D eigenvalue weighted by molar-refractivity contribution is 5.95. The van der Waals surface area contributed by atoms with Crippen LogP contribution >= 0.6 is 0 Å². The maximum Gasteiger partial charge on any atom is 0.422 e. The van der Waals surface area contributed by atoms with Gasteiger partial charge in [-0.1, -0.05) is 12.1 Å². The van der Waals surface area contributed by atoms with Crippen LogP contribution in [0.2, 0.25) is 0 Å². The van der Waals surface area contributed by atoms with Crippen molar-refractivity contribution in [1.29, 1.82) is 0 Å². The van der Waals surface area contributed by atoms with Gasteiger partial charge in [0.15, 0.2) is 6.61 Å². The van der Waals surface area contributed by atoms with Gasteiger partial charge in [0.2, 0.25) is 11.8 Å². The molecule has 13 nitrogen and oxygen atoms in total. The highest BCUT2D eigenvalue weighted by Gasteiger charge is 2.42. The van der Waals surface area contributed by atoms with Gasteiger partial charge >= 0.3 is 24.1 Å². The number of nitrogens with one attached hydrogen (secondary N) is 2. The second kappa shape index (κ2) is 17.2. The van der Waals surface area contributed by atoms with Crippen molar-refractivity contribution >= 4 is 35.8 Å². The molecule has 1 aliphatic heterocycles. The van der Waals surface area contributed by atoms with Gasteiger partial charge in [0.05, 0.1) is 18.2 Å². The Kier molecular flexibility index (Phi) is 13.7. The standard InChI is InChI=1S/C32H39F3N2O11/c1-31(2,3)48-27(41)10-8-22(16-38)37-25(39)11-12-36-29(42)21-14-23-28(46-18-45-23)24(15-21)47-30(43)20-6-4-5-19(13-20)7-9-26(40)44-17-32(33,34)35/h4-7,9,13-14,22-24,28,38H,8,10-12,15-18H2,1-3H3,(H,36,42)(H,37,39). The van der Waals surface area contributed by atoms with Crippen molar-refractivity contribution in [3.8, 4) is 0 Å². The first kappa shape index (κ1) is 38.2. The second-order valence-corrected chi connectivity index (χ2v) is 12.0. The van der Waals surface area contributed by atoms with Crippen LogP contribution in [-0.2, 0) is 42.9 Å². The van der Waals surface area contributed by atoms with Gasteiger partial charge in [-0.15, -0.1) is 0 Å². The fourth-order valence-corrected chi connectivity index (χ4v) is 4.66. The molecule has 1 saturated heterocycles. The molecule has 2 aliphatic rings. The summed E-state index contributed by atoms with van der Waals surface area (Å²) in [6.07, 6.45) is -3.42. The first-order valence-corrected chi connectivity index (χ1v) is 15.1. The molecule has 2 amide bonds. The number of carbonyl (C=O) groups is 5. The molecular weight excluding hydrogens is 645 g/mol. The molecule has 1 aromatic rings. The summed E-state index contributed by atoms with van der Waals surface area (Å²) < 4.78 is 62.8. The Labute approximate surface area is 274 Å². The van der Waals surface area contributed by atoms with Crippen LogP contribution in [0, 0.1) is 0 Å². The molecule has 1 fully saturated rings. The molecule has 3 N–H and O–H groups in total. The van der Waals surface area contributed by atoms with Crippen LogP contribution in [0.15, 0.2) is 42.0 Å². The zero-order valence-corrected chi connectivity index (χ0v) is 26.7. The Morgan fingerprint density at radius 1 is 1.10 bits per heavy atom. The van der Waals surface area contributed by atoms with Crippen LogP contribution in [-0.4, -0.2) is 97.5 Å². The van der Waals surface area contributed by atoms with Crippen LogP contribution in [0.3, 0.4) is 0 Å². The van der Waals surface area contributed by atoms with Gasteiger partial charge in [-0.25, -0.2) is 9.59 Å². The fourth-order valence-electron chi connectivity index (χ4n) is 4.66. The van der Waals surface area contributed by atoms with Gasteiger partial charge in [0.25, 0.3) is 0 Å². The van der Waals surface area contributed by atoms with Crippen LogP contribution in [0.4, 0.5) is 13.2 Å². The number of benzene rings is 1. The zero-order valence-electron chi connectivity index (χ0n) is 26.7. The van der Waals surface area contributed by atoms with E-state index in [1.165, 1.54) is 30.3 Å². The van der Waals surface area contributed by atoms with Crippen molar-refractivity contribution in [1.82, 2.24) is 10.6 Å². The van der Waals surface area contributed by atoms with E-state index in [4.69, 9.17) is 18.9 Å². The minimum absolute atomic E-state index is 0.000621. The van der Waals surface area contributed by atoms with Crippen molar-refractivity contribution in [3.63, 3.8) is 0 Å². The summed E-state index contributed by atoms with van der Waals surface area (Å²) in [5, 5.41) is 14.8. The normalized spacial score (nSPS) is 19.9. The molecule has 4 unspecified atom stereocenters. The Morgan fingerprint density at radius 3 is 2.54 bits per heavy atom. The largest absolute Gasteiger partial charge is 0.460 e. The lowest BCUT2D eigenvalue weighted by molar-refractivity contribution is -0.182. The number of alkyl halides is 3. The molecule has 1 aromatic carbocycles. The maximum atomic E-state index is 13.0. The monoisotopic (exact) mass is 684 g/mol. The van der Waals surface area contributed by atoms with E-state index >= 15 is 0 Å². The second-order valence-electron chi connectivity index (χ2n) is 12.0. The van der Waals surface area contributed by atoms with Crippen molar-refractivity contribution < 1.29 is 65.9 Å². The fraction of sp³-hybridized carbons (Fsp3) is 0.531. The van der Waals surface area contributed by atoms with Crippen LogP contribution in [0.1, 0.15) is 62.4 Å². The number of aliphatic hydroxyl groups is 1. The summed E-state index contributed by atoms with van der Waals surface area (Å²) in [7, 11) is 0. The Morgan fingerprint density at radius 2 is 1.85 bits per heavy atom. The molecule has 4 atom stereocenters. The average Bonchev–Trinajstić information content (AvgIpc) is 3.49. The third-order valence-electron chi connectivity index (χ3n) is 6.80. The molecule has 0 aromatic heterocycles. The topological polar surface area (TPSA) is 176 Å². The lowest BCUT2D eigenvalue weighted by Gasteiger charge is -2.30. The van der Waals surface area contributed by atoms with Crippen molar-refractivity contribution in [3.05, 3.63) is 53.1 Å². The number of hydrogen-bond donors (Lipinski definition) is 3. The van der Waals surface area contributed by atoms with Gasteiger partial charge < -0.3 is 39.4 Å². The van der Waals surface area contributed by atoms with Crippen molar-refractivity contribution in [2.75, 3.05) is 26.6 Å². The number of amides is 2. The molecule has 48 heavy (non-hydrogen) atoms. The molecule has 0 radical (unpaired) electrons. The Bertz CT molecular complexity index is 1390. The van der Waals surface area contributed by atoms with E-state index in [9.17, 15) is 42.3 Å². The van der Waals surface area contributed by atoms with Gasteiger partial charge in [-0.3, -0.25) is 14.4 Å². The molecule has 16 heteroatoms. The third kappa shape index (κ3) is 13.1. The number of esters is 3. The average molecular weight is 685 g/mol. The highest BCUT2D eigenvalue weighted by Crippen LogP contribution is 2.31. The Balaban J connectivity index is 1.51. The van der Waals surface area contributed by atoms with Crippen molar-refractivity contribution in [2.24, 2.45) is 0 Å². The number of ether oxygens (including phenoxy) is 5. The Hall–Kier alpha value is -4.28. The number of rotatable bonds is 14. The van der Waals surface area contributed by atoms with E-state index in [-0.39, 0.29) is 56.8 Å². The minimum atomic E-state index is -4.66. The van der Waals surface area contributed by atoms with Crippen LogP contribution < -0.4 is 10.6 Å². The number of aliphatic hydroxyl groups excluding tert-OH is 1. The lowest BCUT2D eigenvalue weighted by Crippen LogP contribution is -2.44. The number of fused-ring (bicyclic) bond motifs is 1. The van der Waals surface area contributed by atoms with Gasteiger partial charge in [-0.05, 0) is 57.0 Å². The quantitative estimate of drug-likeness (QED) is 0.149. The lowest BCUT2D eigenvalue weighted by atomic mass is 9.91. The predicted octanol–water partition coefficient (Wildman–Crippen LogP) is 2.51. The number of carbonyl (C=O) groups excluding carboxylic acids is 5. The number of hydrogen-bond acceptors (Lipinski definition) is 11. The summed E-state index contributed by atoms with van der Waals surface area (Å²) in [5.41, 5.74) is -0.0406. The van der Waals surface area contributed by atoms with E-state index in [0.717, 1.165) is 6.08 Å². The summed E-state index contributed by atoms with van der Waals surface area (Å²) in [6, 6.07) is 5.10. The molecule has 1 heterocycles. The maximum absolute atomic E-state index is 13.0. The van der Waals surface area contributed by atoms with E-state index in [2.05, 4.69) is 15.4 Å². The molecule has 3 rings (SSSR count). The smallest absolute Gasteiger partial charge is 0.422 e. The van der Waals surface area contributed by atoms with E-state index < -0.39 is 72.5 Å². The van der Waals surface area contributed by atoms with Gasteiger partial charge in [-0.2, -0.15) is 13.2 Å². The molecule has 0 saturated carbocycles. The summed E-state index contributed by atoms with van der Waals surface area (Å²) in [6.45, 7) is 2.93. The number of halogens is 3. The predicted molar refractivity (Wildman–Crippen MR) is 161 cm³/mol. The SMILES string of the molecule is CC(C)(C)OC(=O)CCC(CO)NC(=O)CCNC(=O)C1=CC2OCOC2C(OC(=O)c2cccc(C=CC(=O)OCC(F)(F)F)c2)C1. The molecule has 1 aliphatic carbocycles. The molecule has 264 valence electrons. The van der Waals surface area contributed by atoms with E-state index in [1.807, 2.05) is 0 Å². The first-order chi connectivity index (χ1) is 22.5. The van der Waals surface area contributed by atoms with Crippen LogP contribution in [0.25, 0.3) is 6.08 Å². The van der Waals surface area contributed by atoms with Gasteiger partial charge in [0.1, 0.15) is 30.7 Å². The van der Waals surface area contributed by atoms with Crippen molar-refractivity contribution in [2.45, 2.75) is 82.6 Å². The molecule has 0 bridgehead atoms. The van der Waals surface area contributed by atoms with E-state index in [1.54, 1.807) is 26.8 Å².